The number of benzene rings is 1. The van der Waals surface area contributed by atoms with Gasteiger partial charge in [0.25, 0.3) is 0 Å². The average molecular weight is 263 g/mol. The van der Waals surface area contributed by atoms with Crippen molar-refractivity contribution < 1.29 is 4.74 Å². The summed E-state index contributed by atoms with van der Waals surface area (Å²) in [7, 11) is 0. The molecule has 1 aromatic heterocycles. The van der Waals surface area contributed by atoms with Gasteiger partial charge in [-0.05, 0) is 35.8 Å². The Labute approximate surface area is 107 Å². The molecule has 0 radical (unpaired) electrons. The van der Waals surface area contributed by atoms with E-state index in [-0.39, 0.29) is 0 Å². The van der Waals surface area contributed by atoms with E-state index < -0.39 is 0 Å². The van der Waals surface area contributed by atoms with Crippen LogP contribution in [0.4, 0.5) is 0 Å². The molecule has 6 heteroatoms. The number of nitrogens with zero attached hydrogens (tertiary/aromatic N) is 3. The van der Waals surface area contributed by atoms with Gasteiger partial charge in [0.15, 0.2) is 4.34 Å². The van der Waals surface area contributed by atoms with Gasteiger partial charge in [0.2, 0.25) is 0 Å². The van der Waals surface area contributed by atoms with Crippen LogP contribution in [0.5, 0.6) is 5.75 Å². The summed E-state index contributed by atoms with van der Waals surface area (Å²) < 4.78 is 10.4. The molecule has 0 amide bonds. The first-order valence-electron chi connectivity index (χ1n) is 4.91. The lowest BCUT2D eigenvalue weighted by Crippen LogP contribution is -1.99. The molecule has 0 unspecified atom stereocenters. The van der Waals surface area contributed by atoms with Crippen molar-refractivity contribution in [1.82, 2.24) is 9.36 Å². The number of hydrogen-bond acceptors (Lipinski definition) is 6. The fourth-order valence-corrected chi connectivity index (χ4v) is 2.47. The highest BCUT2D eigenvalue weighted by Gasteiger charge is 1.98. The molecule has 17 heavy (non-hydrogen) atoms. The topological polar surface area (TPSA) is 58.8 Å². The summed E-state index contributed by atoms with van der Waals surface area (Å²) in [6.45, 7) is 0.607. The molecule has 0 saturated heterocycles. The van der Waals surface area contributed by atoms with E-state index in [9.17, 15) is 0 Å². The van der Waals surface area contributed by atoms with Gasteiger partial charge < -0.3 is 4.74 Å². The lowest BCUT2D eigenvalue weighted by atomic mass is 10.2. The van der Waals surface area contributed by atoms with Crippen LogP contribution in [0.1, 0.15) is 5.56 Å². The number of rotatable bonds is 5. The predicted octanol–water partition coefficient (Wildman–Crippen LogP) is 2.58. The van der Waals surface area contributed by atoms with Crippen molar-refractivity contribution in [2.24, 2.45) is 0 Å². The molecular weight excluding hydrogens is 254 g/mol. The van der Waals surface area contributed by atoms with Gasteiger partial charge >= 0.3 is 0 Å². The van der Waals surface area contributed by atoms with E-state index in [0.717, 1.165) is 15.8 Å². The Hall–Kier alpha value is -1.58. The fraction of sp³-hybridized carbons (Fsp3) is 0.182. The van der Waals surface area contributed by atoms with Gasteiger partial charge in [0, 0.05) is 5.75 Å². The van der Waals surface area contributed by atoms with Crippen LogP contribution >= 0.6 is 23.3 Å². The number of aromatic nitrogens is 2. The summed E-state index contributed by atoms with van der Waals surface area (Å²) in [4.78, 5) is 4.06. The Bertz CT molecular complexity index is 490. The lowest BCUT2D eigenvalue weighted by molar-refractivity contribution is 0.344. The quantitative estimate of drug-likeness (QED) is 0.613. The Morgan fingerprint density at radius 2 is 2.18 bits per heavy atom. The van der Waals surface area contributed by atoms with Crippen LogP contribution in [0.15, 0.2) is 34.9 Å². The van der Waals surface area contributed by atoms with Crippen molar-refractivity contribution in [2.75, 3.05) is 12.4 Å². The SMILES string of the molecule is N#Cc1ccc(OCCSc2ncns2)cc1. The largest absolute Gasteiger partial charge is 0.493 e. The number of nitriles is 1. The predicted molar refractivity (Wildman–Crippen MR) is 67.3 cm³/mol. The zero-order valence-electron chi connectivity index (χ0n) is 8.87. The van der Waals surface area contributed by atoms with Crippen LogP contribution < -0.4 is 4.74 Å². The van der Waals surface area contributed by atoms with E-state index in [2.05, 4.69) is 15.4 Å². The Morgan fingerprint density at radius 1 is 1.35 bits per heavy atom. The van der Waals surface area contributed by atoms with Crippen LogP contribution in [0, 0.1) is 11.3 Å². The van der Waals surface area contributed by atoms with E-state index in [0.29, 0.717) is 12.2 Å². The normalized spacial score (nSPS) is 9.82. The van der Waals surface area contributed by atoms with Crippen molar-refractivity contribution >= 4 is 23.3 Å². The van der Waals surface area contributed by atoms with E-state index in [1.165, 1.54) is 11.5 Å². The molecule has 0 saturated carbocycles. The molecule has 0 N–H and O–H groups in total. The van der Waals surface area contributed by atoms with Crippen molar-refractivity contribution in [3.63, 3.8) is 0 Å². The second-order valence-electron chi connectivity index (χ2n) is 3.04. The minimum atomic E-state index is 0.607. The third kappa shape index (κ3) is 3.73. The first kappa shape index (κ1) is 11.9. The first-order valence-corrected chi connectivity index (χ1v) is 6.67. The van der Waals surface area contributed by atoms with E-state index in [1.807, 2.05) is 0 Å². The molecule has 0 aliphatic rings. The molecule has 1 heterocycles. The van der Waals surface area contributed by atoms with Crippen LogP contribution in [-0.2, 0) is 0 Å². The third-order valence-electron chi connectivity index (χ3n) is 1.90. The second kappa shape index (κ2) is 6.23. The summed E-state index contributed by atoms with van der Waals surface area (Å²) in [5, 5.41) is 8.64. The highest BCUT2D eigenvalue weighted by molar-refractivity contribution is 8.00. The van der Waals surface area contributed by atoms with Crippen molar-refractivity contribution in [2.45, 2.75) is 4.34 Å². The van der Waals surface area contributed by atoms with Crippen molar-refractivity contribution in [3.8, 4) is 11.8 Å². The minimum Gasteiger partial charge on any atom is -0.493 e. The first-order chi connectivity index (χ1) is 8.38. The molecular formula is C11H9N3OS2. The van der Waals surface area contributed by atoms with Gasteiger partial charge in [-0.2, -0.15) is 9.64 Å². The summed E-state index contributed by atoms with van der Waals surface area (Å²) in [5.74, 6) is 1.61. The fourth-order valence-electron chi connectivity index (χ4n) is 1.14. The molecule has 1 aromatic carbocycles. The van der Waals surface area contributed by atoms with E-state index in [1.54, 1.807) is 42.4 Å². The molecule has 86 valence electrons. The van der Waals surface area contributed by atoms with Gasteiger partial charge in [0.05, 0.1) is 18.2 Å². The summed E-state index contributed by atoms with van der Waals surface area (Å²) in [5.41, 5.74) is 0.639. The van der Waals surface area contributed by atoms with Crippen LogP contribution in [-0.4, -0.2) is 21.7 Å². The summed E-state index contributed by atoms with van der Waals surface area (Å²) in [6.07, 6.45) is 1.55. The van der Waals surface area contributed by atoms with E-state index in [4.69, 9.17) is 10.00 Å². The molecule has 0 atom stereocenters. The van der Waals surface area contributed by atoms with Crippen molar-refractivity contribution in [1.29, 1.82) is 5.26 Å². The van der Waals surface area contributed by atoms with Crippen LogP contribution in [0.2, 0.25) is 0 Å². The van der Waals surface area contributed by atoms with Gasteiger partial charge in [-0.25, -0.2) is 4.98 Å². The second-order valence-corrected chi connectivity index (χ2v) is 5.16. The Morgan fingerprint density at radius 3 is 2.82 bits per heavy atom. The third-order valence-corrected chi connectivity index (χ3v) is 3.66. The zero-order chi connectivity index (χ0) is 11.9. The van der Waals surface area contributed by atoms with Gasteiger partial charge in [-0.3, -0.25) is 0 Å². The van der Waals surface area contributed by atoms with Gasteiger partial charge in [0.1, 0.15) is 12.1 Å². The van der Waals surface area contributed by atoms with Crippen LogP contribution in [0.3, 0.4) is 0 Å². The Balaban J connectivity index is 1.73. The minimum absolute atomic E-state index is 0.607. The molecule has 0 aliphatic carbocycles. The number of hydrogen-bond donors (Lipinski definition) is 0. The van der Waals surface area contributed by atoms with Crippen LogP contribution in [0.25, 0.3) is 0 Å². The molecule has 0 bridgehead atoms. The average Bonchev–Trinajstić information content (AvgIpc) is 2.88. The van der Waals surface area contributed by atoms with Crippen molar-refractivity contribution in [3.05, 3.63) is 36.2 Å². The smallest absolute Gasteiger partial charge is 0.169 e. The lowest BCUT2D eigenvalue weighted by Gasteiger charge is -2.04. The molecule has 0 aliphatic heterocycles. The highest BCUT2D eigenvalue weighted by atomic mass is 32.2. The molecule has 2 aromatic rings. The molecule has 2 rings (SSSR count). The summed E-state index contributed by atoms with van der Waals surface area (Å²) >= 11 is 3.01. The maximum atomic E-state index is 8.64. The van der Waals surface area contributed by atoms with Gasteiger partial charge in [-0.1, -0.05) is 11.8 Å². The number of thioether (sulfide) groups is 1. The molecule has 0 spiro atoms. The Kier molecular flexibility index (Phi) is 4.36. The maximum absolute atomic E-state index is 8.64. The molecule has 0 fully saturated rings. The standard InChI is InChI=1S/C11H9N3OS2/c12-7-9-1-3-10(4-2-9)15-5-6-16-11-13-8-14-17-11/h1-4,8H,5-6H2. The maximum Gasteiger partial charge on any atom is 0.169 e. The van der Waals surface area contributed by atoms with E-state index >= 15 is 0 Å². The monoisotopic (exact) mass is 263 g/mol. The highest BCUT2D eigenvalue weighted by Crippen LogP contribution is 2.18. The number of ether oxygens (including phenoxy) is 1. The molecule has 4 nitrogen and oxygen atoms in total. The zero-order valence-corrected chi connectivity index (χ0v) is 10.5. The summed E-state index contributed by atoms with van der Waals surface area (Å²) in [6, 6.07) is 9.15. The van der Waals surface area contributed by atoms with Gasteiger partial charge in [-0.15, -0.1) is 0 Å².